The molecule has 0 amide bonds. The fraction of sp³-hybridized carbons (Fsp3) is 1.00. The Balaban J connectivity index is 2.63. The molecule has 5 atom stereocenters. The predicted molar refractivity (Wildman–Crippen MR) is 64.3 cm³/mol. The van der Waals surface area contributed by atoms with Crippen LogP contribution in [-0.2, 0) is 0 Å². The van der Waals surface area contributed by atoms with Crippen molar-refractivity contribution in [3.8, 4) is 0 Å². The third-order valence-electron chi connectivity index (χ3n) is 4.94. The highest BCUT2D eigenvalue weighted by atomic mass is 14.4. The van der Waals surface area contributed by atoms with E-state index in [-0.39, 0.29) is 0 Å². The maximum Gasteiger partial charge on any atom is -0.0383 e. The van der Waals surface area contributed by atoms with Gasteiger partial charge in [0.25, 0.3) is 0 Å². The van der Waals surface area contributed by atoms with Crippen molar-refractivity contribution in [2.75, 3.05) is 0 Å². The van der Waals surface area contributed by atoms with Crippen molar-refractivity contribution >= 4 is 0 Å². The third-order valence-corrected chi connectivity index (χ3v) is 4.94. The third kappa shape index (κ3) is 2.32. The van der Waals surface area contributed by atoms with Crippen molar-refractivity contribution in [2.24, 2.45) is 29.6 Å². The van der Waals surface area contributed by atoms with Gasteiger partial charge in [0.2, 0.25) is 0 Å². The molecule has 1 saturated carbocycles. The normalized spacial score (nSPS) is 43.9. The zero-order valence-electron chi connectivity index (χ0n) is 10.7. The minimum Gasteiger partial charge on any atom is -0.0654 e. The smallest absolute Gasteiger partial charge is 0.0383 e. The van der Waals surface area contributed by atoms with Crippen molar-refractivity contribution in [3.63, 3.8) is 0 Å². The minimum atomic E-state index is 0.935. The van der Waals surface area contributed by atoms with Crippen molar-refractivity contribution in [2.45, 2.75) is 60.3 Å². The molecule has 0 unspecified atom stereocenters. The van der Waals surface area contributed by atoms with Crippen LogP contribution in [0, 0.1) is 29.6 Å². The van der Waals surface area contributed by atoms with Crippen LogP contribution >= 0.6 is 0 Å². The SMILES string of the molecule is CCC[C@H]1C[C@H](CC)[C@@H](C)[C@H](C)[C@@H]1C. The summed E-state index contributed by atoms with van der Waals surface area (Å²) >= 11 is 0. The summed E-state index contributed by atoms with van der Waals surface area (Å²) in [5.41, 5.74) is 0. The van der Waals surface area contributed by atoms with Crippen molar-refractivity contribution in [3.05, 3.63) is 0 Å². The molecular weight excluding hydrogens is 168 g/mol. The molecule has 0 aromatic carbocycles. The lowest BCUT2D eigenvalue weighted by molar-refractivity contribution is 0.0598. The number of rotatable bonds is 3. The van der Waals surface area contributed by atoms with Gasteiger partial charge in [0, 0.05) is 0 Å². The summed E-state index contributed by atoms with van der Waals surface area (Å²) in [6.45, 7) is 12.1. The van der Waals surface area contributed by atoms with Gasteiger partial charge in [0.1, 0.15) is 0 Å². The van der Waals surface area contributed by atoms with E-state index in [2.05, 4.69) is 34.6 Å². The van der Waals surface area contributed by atoms with Crippen molar-refractivity contribution < 1.29 is 0 Å². The van der Waals surface area contributed by atoms with Crippen LogP contribution in [0.2, 0.25) is 0 Å². The van der Waals surface area contributed by atoms with Gasteiger partial charge < -0.3 is 0 Å². The molecule has 1 fully saturated rings. The zero-order valence-corrected chi connectivity index (χ0v) is 10.7. The minimum absolute atomic E-state index is 0.935. The van der Waals surface area contributed by atoms with Crippen LogP contribution in [-0.4, -0.2) is 0 Å². The Hall–Kier alpha value is 0. The Morgan fingerprint density at radius 1 is 0.857 bits per heavy atom. The Kier molecular flexibility index (Phi) is 4.47. The van der Waals surface area contributed by atoms with Crippen LogP contribution in [0.1, 0.15) is 60.3 Å². The summed E-state index contributed by atoms with van der Waals surface area (Å²) < 4.78 is 0. The van der Waals surface area contributed by atoms with Gasteiger partial charge in [-0.05, 0) is 36.0 Å². The first kappa shape index (κ1) is 12.1. The van der Waals surface area contributed by atoms with Crippen LogP contribution in [0.15, 0.2) is 0 Å². The highest BCUT2D eigenvalue weighted by molar-refractivity contribution is 4.85. The molecule has 1 aliphatic rings. The van der Waals surface area contributed by atoms with Gasteiger partial charge in [0.15, 0.2) is 0 Å². The van der Waals surface area contributed by atoms with Gasteiger partial charge >= 0.3 is 0 Å². The van der Waals surface area contributed by atoms with E-state index >= 15 is 0 Å². The highest BCUT2D eigenvalue weighted by Crippen LogP contribution is 2.44. The molecule has 0 nitrogen and oxygen atoms in total. The largest absolute Gasteiger partial charge is 0.0654 e. The van der Waals surface area contributed by atoms with Crippen LogP contribution < -0.4 is 0 Å². The summed E-state index contributed by atoms with van der Waals surface area (Å²) in [6, 6.07) is 0. The second kappa shape index (κ2) is 5.19. The molecule has 0 spiro atoms. The molecule has 0 aromatic rings. The van der Waals surface area contributed by atoms with Gasteiger partial charge in [-0.15, -0.1) is 0 Å². The molecule has 84 valence electrons. The van der Waals surface area contributed by atoms with Crippen molar-refractivity contribution in [1.82, 2.24) is 0 Å². The van der Waals surface area contributed by atoms with E-state index in [9.17, 15) is 0 Å². The van der Waals surface area contributed by atoms with Crippen LogP contribution in [0.25, 0.3) is 0 Å². The Morgan fingerprint density at radius 3 is 1.93 bits per heavy atom. The maximum absolute atomic E-state index is 2.48. The van der Waals surface area contributed by atoms with E-state index in [0.717, 1.165) is 29.6 Å². The molecule has 1 aliphatic carbocycles. The zero-order chi connectivity index (χ0) is 10.7. The summed E-state index contributed by atoms with van der Waals surface area (Å²) in [6.07, 6.45) is 5.71. The first-order valence-corrected chi connectivity index (χ1v) is 6.61. The molecule has 14 heavy (non-hydrogen) atoms. The van der Waals surface area contributed by atoms with E-state index < -0.39 is 0 Å². The van der Waals surface area contributed by atoms with E-state index in [1.165, 1.54) is 25.7 Å². The fourth-order valence-electron chi connectivity index (χ4n) is 3.45. The van der Waals surface area contributed by atoms with Crippen LogP contribution in [0.5, 0.6) is 0 Å². The molecule has 0 heteroatoms. The number of hydrogen-bond acceptors (Lipinski definition) is 0. The van der Waals surface area contributed by atoms with Gasteiger partial charge in [-0.3, -0.25) is 0 Å². The second-order valence-electron chi connectivity index (χ2n) is 5.53. The maximum atomic E-state index is 2.48. The number of hydrogen-bond donors (Lipinski definition) is 0. The predicted octanol–water partition coefficient (Wildman–Crippen LogP) is 4.74. The highest BCUT2D eigenvalue weighted by Gasteiger charge is 2.36. The summed E-state index contributed by atoms with van der Waals surface area (Å²) in [4.78, 5) is 0. The van der Waals surface area contributed by atoms with Gasteiger partial charge in [-0.25, -0.2) is 0 Å². The van der Waals surface area contributed by atoms with E-state index in [1.807, 2.05) is 0 Å². The lowest BCUT2D eigenvalue weighted by Gasteiger charge is -2.43. The standard InChI is InChI=1S/C14H28/c1-6-8-14-9-13(7-2)11(4)10(3)12(14)5/h10-14H,6-9H2,1-5H3/t10-,11-,12-,13-,14-/m0/s1. The fourth-order valence-corrected chi connectivity index (χ4v) is 3.45. The monoisotopic (exact) mass is 196 g/mol. The topological polar surface area (TPSA) is 0 Å². The van der Waals surface area contributed by atoms with Gasteiger partial charge in [-0.1, -0.05) is 53.9 Å². The molecule has 0 heterocycles. The first-order valence-electron chi connectivity index (χ1n) is 6.61. The molecular formula is C14H28. The molecule has 0 bridgehead atoms. The summed E-state index contributed by atoms with van der Waals surface area (Å²) in [5, 5.41) is 0. The summed E-state index contributed by atoms with van der Waals surface area (Å²) in [7, 11) is 0. The quantitative estimate of drug-likeness (QED) is 0.611. The molecule has 0 radical (unpaired) electrons. The Labute approximate surface area is 90.5 Å². The van der Waals surface area contributed by atoms with Crippen LogP contribution in [0.3, 0.4) is 0 Å². The molecule has 0 saturated heterocycles. The Morgan fingerprint density at radius 2 is 1.43 bits per heavy atom. The van der Waals surface area contributed by atoms with E-state index in [0.29, 0.717) is 0 Å². The molecule has 0 N–H and O–H groups in total. The average Bonchev–Trinajstić information content (AvgIpc) is 2.19. The first-order chi connectivity index (χ1) is 6.61. The second-order valence-corrected chi connectivity index (χ2v) is 5.53. The summed E-state index contributed by atoms with van der Waals surface area (Å²) in [5.74, 6) is 4.84. The van der Waals surface area contributed by atoms with Gasteiger partial charge in [0.05, 0.1) is 0 Å². The van der Waals surface area contributed by atoms with Crippen molar-refractivity contribution in [1.29, 1.82) is 0 Å². The molecule has 0 aliphatic heterocycles. The Bertz CT molecular complexity index is 157. The molecule has 1 rings (SSSR count). The van der Waals surface area contributed by atoms with Crippen LogP contribution in [0.4, 0.5) is 0 Å². The van der Waals surface area contributed by atoms with Gasteiger partial charge in [-0.2, -0.15) is 0 Å². The van der Waals surface area contributed by atoms with E-state index in [1.54, 1.807) is 0 Å². The lowest BCUT2D eigenvalue weighted by Crippen LogP contribution is -2.35. The lowest BCUT2D eigenvalue weighted by atomic mass is 9.62. The average molecular weight is 196 g/mol. The molecule has 0 aromatic heterocycles. The van der Waals surface area contributed by atoms with E-state index in [4.69, 9.17) is 0 Å².